The molecule has 33 heavy (non-hydrogen) atoms. The quantitative estimate of drug-likeness (QED) is 0.107. The molecule has 0 fully saturated rings. The van der Waals surface area contributed by atoms with Gasteiger partial charge in [-0.2, -0.15) is 4.31 Å². The van der Waals surface area contributed by atoms with Crippen LogP contribution in [0.4, 0.5) is 0 Å². The minimum Gasteiger partial charge on any atom is -0.302 e. The zero-order valence-corrected chi connectivity index (χ0v) is 23.9. The van der Waals surface area contributed by atoms with Crippen LogP contribution in [0.25, 0.3) is 0 Å². The van der Waals surface area contributed by atoms with Crippen molar-refractivity contribution < 1.29 is 31.9 Å². The molecule has 0 rings (SSSR count). The van der Waals surface area contributed by atoms with Crippen molar-refractivity contribution >= 4 is 15.6 Å². The molecule has 0 heterocycles. The first-order valence-electron chi connectivity index (χ1n) is 13.0. The van der Waals surface area contributed by atoms with Crippen molar-refractivity contribution in [1.29, 1.82) is 0 Å². The Labute approximate surface area is 203 Å². The van der Waals surface area contributed by atoms with Crippen LogP contribution in [0.1, 0.15) is 119 Å². The molecule has 0 aromatic heterocycles. The normalized spacial score (nSPS) is 14.5. The van der Waals surface area contributed by atoms with Gasteiger partial charge in [-0.1, -0.05) is 99.3 Å². The summed E-state index contributed by atoms with van der Waals surface area (Å²) in [5.41, 5.74) is 0. The lowest BCUT2D eigenvalue weighted by Gasteiger charge is -2.20. The van der Waals surface area contributed by atoms with Gasteiger partial charge in [-0.3, -0.25) is 13.6 Å². The average Bonchev–Trinajstić information content (AvgIpc) is 2.69. The van der Waals surface area contributed by atoms with E-state index in [4.69, 9.17) is 17.9 Å². The van der Waals surface area contributed by atoms with Crippen LogP contribution in [0.2, 0.25) is 0 Å². The number of phosphoric acid groups is 2. The zero-order chi connectivity index (χ0) is 25.2. The van der Waals surface area contributed by atoms with Gasteiger partial charge in [0.25, 0.3) is 0 Å². The van der Waals surface area contributed by atoms with E-state index in [0.717, 1.165) is 57.8 Å². The van der Waals surface area contributed by atoms with Crippen molar-refractivity contribution in [2.24, 2.45) is 17.8 Å². The molecule has 1 unspecified atom stereocenters. The van der Waals surface area contributed by atoms with Crippen LogP contribution in [-0.4, -0.2) is 24.7 Å². The predicted molar refractivity (Wildman–Crippen MR) is 136 cm³/mol. The highest BCUT2D eigenvalue weighted by Gasteiger charge is 2.38. The largest absolute Gasteiger partial charge is 0.483 e. The van der Waals surface area contributed by atoms with Crippen LogP contribution < -0.4 is 0 Å². The average molecular weight is 515 g/mol. The summed E-state index contributed by atoms with van der Waals surface area (Å²) in [5.74, 6) is 1.92. The second kappa shape index (κ2) is 19.4. The number of phosphoric ester groups is 2. The summed E-state index contributed by atoms with van der Waals surface area (Å²) in [4.78, 5) is 10.1. The fourth-order valence-corrected chi connectivity index (χ4v) is 5.98. The van der Waals surface area contributed by atoms with Gasteiger partial charge in [0.2, 0.25) is 0 Å². The second-order valence-electron chi connectivity index (χ2n) is 10.2. The van der Waals surface area contributed by atoms with Crippen molar-refractivity contribution in [3.8, 4) is 0 Å². The van der Waals surface area contributed by atoms with Gasteiger partial charge >= 0.3 is 15.6 Å². The Bertz CT molecular complexity index is 529. The fraction of sp³-hybridized carbons (Fsp3) is 1.00. The Hall–Kier alpha value is 0.260. The Morgan fingerprint density at radius 1 is 0.545 bits per heavy atom. The van der Waals surface area contributed by atoms with Gasteiger partial charge in [-0.05, 0) is 37.0 Å². The Morgan fingerprint density at radius 3 is 1.21 bits per heavy atom. The van der Waals surface area contributed by atoms with E-state index in [2.05, 4.69) is 41.5 Å². The third-order valence-electron chi connectivity index (χ3n) is 5.23. The van der Waals surface area contributed by atoms with E-state index in [0.29, 0.717) is 37.0 Å². The molecule has 0 saturated heterocycles. The Balaban J connectivity index is 4.54. The van der Waals surface area contributed by atoms with Crippen LogP contribution in [0.15, 0.2) is 0 Å². The molecule has 0 spiro atoms. The first-order chi connectivity index (χ1) is 15.5. The van der Waals surface area contributed by atoms with Crippen LogP contribution >= 0.6 is 15.6 Å². The first-order valence-corrected chi connectivity index (χ1v) is 16.0. The SMILES string of the molecule is CC(C)CCCCCOP(=O)(O)OP(=O)(OCCCCCC(C)C)OCCCCCC(C)C. The highest BCUT2D eigenvalue weighted by atomic mass is 31.3. The molecular formula is C24H52O7P2. The molecule has 0 aromatic carbocycles. The van der Waals surface area contributed by atoms with Crippen LogP contribution in [-0.2, 0) is 27.0 Å². The lowest BCUT2D eigenvalue weighted by atomic mass is 10.1. The summed E-state index contributed by atoms with van der Waals surface area (Å²) in [6, 6.07) is 0. The predicted octanol–water partition coefficient (Wildman–Crippen LogP) is 8.91. The van der Waals surface area contributed by atoms with E-state index in [9.17, 15) is 14.0 Å². The maximum Gasteiger partial charge on any atom is 0.483 e. The number of hydrogen-bond acceptors (Lipinski definition) is 6. The maximum absolute atomic E-state index is 13.0. The van der Waals surface area contributed by atoms with Gasteiger partial charge in [0.15, 0.2) is 0 Å². The van der Waals surface area contributed by atoms with E-state index in [1.807, 2.05) is 0 Å². The third kappa shape index (κ3) is 22.5. The molecule has 0 bridgehead atoms. The van der Waals surface area contributed by atoms with Gasteiger partial charge in [0, 0.05) is 0 Å². The third-order valence-corrected chi connectivity index (χ3v) is 8.37. The topological polar surface area (TPSA) is 91.3 Å². The van der Waals surface area contributed by atoms with Crippen molar-refractivity contribution in [3.05, 3.63) is 0 Å². The number of unbranched alkanes of at least 4 members (excludes halogenated alkanes) is 6. The number of hydrogen-bond donors (Lipinski definition) is 1. The summed E-state index contributed by atoms with van der Waals surface area (Å²) in [6.45, 7) is 13.4. The zero-order valence-electron chi connectivity index (χ0n) is 22.1. The van der Waals surface area contributed by atoms with E-state index in [1.54, 1.807) is 0 Å². The molecule has 200 valence electrons. The standard InChI is InChI=1S/C24H52O7P2/c1-22(2)16-10-7-13-19-28-32(25,26)31-33(27,29-20-14-8-11-17-23(3)4)30-21-15-9-12-18-24(5)6/h22-24H,7-21H2,1-6H3,(H,25,26). The molecular weight excluding hydrogens is 462 g/mol. The summed E-state index contributed by atoms with van der Waals surface area (Å²) < 4.78 is 46.2. The molecule has 9 heteroatoms. The van der Waals surface area contributed by atoms with E-state index >= 15 is 0 Å². The summed E-state index contributed by atoms with van der Waals surface area (Å²) in [5, 5.41) is 0. The summed E-state index contributed by atoms with van der Waals surface area (Å²) in [6.07, 6.45) is 11.3. The van der Waals surface area contributed by atoms with Gasteiger partial charge in [-0.25, -0.2) is 9.13 Å². The fourth-order valence-electron chi connectivity index (χ4n) is 3.26. The van der Waals surface area contributed by atoms with Gasteiger partial charge in [-0.15, -0.1) is 0 Å². The number of rotatable bonds is 23. The first kappa shape index (κ1) is 33.3. The minimum absolute atomic E-state index is 0.0658. The van der Waals surface area contributed by atoms with Crippen molar-refractivity contribution in [1.82, 2.24) is 0 Å². The molecule has 0 radical (unpaired) electrons. The van der Waals surface area contributed by atoms with Crippen molar-refractivity contribution in [2.75, 3.05) is 19.8 Å². The minimum atomic E-state index is -4.54. The van der Waals surface area contributed by atoms with Gasteiger partial charge < -0.3 is 4.89 Å². The second-order valence-corrected chi connectivity index (χ2v) is 13.5. The summed E-state index contributed by atoms with van der Waals surface area (Å²) in [7, 11) is -8.73. The van der Waals surface area contributed by atoms with Gasteiger partial charge in [0.05, 0.1) is 19.8 Å². The van der Waals surface area contributed by atoms with Crippen LogP contribution in [0.3, 0.4) is 0 Å². The molecule has 0 aromatic rings. The van der Waals surface area contributed by atoms with Gasteiger partial charge in [0.1, 0.15) is 0 Å². The molecule has 0 aliphatic heterocycles. The highest BCUT2D eigenvalue weighted by Crippen LogP contribution is 2.63. The Kier molecular flexibility index (Phi) is 19.6. The smallest absolute Gasteiger partial charge is 0.302 e. The van der Waals surface area contributed by atoms with Crippen LogP contribution in [0.5, 0.6) is 0 Å². The molecule has 0 saturated carbocycles. The molecule has 0 amide bonds. The Morgan fingerprint density at radius 2 is 0.879 bits per heavy atom. The van der Waals surface area contributed by atoms with Crippen molar-refractivity contribution in [2.45, 2.75) is 119 Å². The van der Waals surface area contributed by atoms with Crippen molar-refractivity contribution in [3.63, 3.8) is 0 Å². The van der Waals surface area contributed by atoms with E-state index in [-0.39, 0.29) is 19.8 Å². The molecule has 0 aliphatic carbocycles. The maximum atomic E-state index is 13.0. The molecule has 1 N–H and O–H groups in total. The molecule has 1 atom stereocenters. The lowest BCUT2D eigenvalue weighted by Crippen LogP contribution is -2.04. The molecule has 0 aliphatic rings. The van der Waals surface area contributed by atoms with E-state index in [1.165, 1.54) is 0 Å². The molecule has 7 nitrogen and oxygen atoms in total. The summed E-state index contributed by atoms with van der Waals surface area (Å²) >= 11 is 0. The monoisotopic (exact) mass is 514 g/mol. The van der Waals surface area contributed by atoms with Crippen LogP contribution in [0, 0.1) is 17.8 Å². The van der Waals surface area contributed by atoms with E-state index < -0.39 is 15.6 Å². The highest BCUT2D eigenvalue weighted by molar-refractivity contribution is 7.61. The lowest BCUT2D eigenvalue weighted by molar-refractivity contribution is 0.123.